The van der Waals surface area contributed by atoms with Crippen molar-refractivity contribution in [3.8, 4) is 0 Å². The third-order valence-electron chi connectivity index (χ3n) is 2.43. The van der Waals surface area contributed by atoms with E-state index in [2.05, 4.69) is 10.4 Å². The van der Waals surface area contributed by atoms with Crippen molar-refractivity contribution in [3.05, 3.63) is 17.5 Å². The minimum absolute atomic E-state index is 0.0814. The summed E-state index contributed by atoms with van der Waals surface area (Å²) in [5, 5.41) is 6.35. The predicted octanol–water partition coefficient (Wildman–Crippen LogP) is -0.408. The van der Waals surface area contributed by atoms with E-state index in [1.54, 1.807) is 14.0 Å². The molecule has 1 aromatic rings. The molecule has 8 heteroatoms. The molecule has 106 valence electrons. The number of carbonyl (C=O) groups is 2. The molecule has 0 radical (unpaired) electrons. The van der Waals surface area contributed by atoms with Crippen LogP contribution in [0.25, 0.3) is 0 Å². The topological polar surface area (TPSA) is 90.3 Å². The Bertz CT molecular complexity index is 498. The van der Waals surface area contributed by atoms with Gasteiger partial charge in [-0.05, 0) is 6.92 Å². The number of amides is 1. The number of aryl methyl sites for hydroxylation is 1. The number of hydrogen-bond acceptors (Lipinski definition) is 5. The molecule has 1 atom stereocenters. The van der Waals surface area contributed by atoms with E-state index in [1.807, 2.05) is 0 Å². The van der Waals surface area contributed by atoms with Crippen LogP contribution in [0.3, 0.4) is 0 Å². The molecule has 1 heterocycles. The normalized spacial score (nSPS) is 11.9. The molecule has 0 spiro atoms. The predicted molar refractivity (Wildman–Crippen MR) is 69.9 cm³/mol. The maximum absolute atomic E-state index is 11.8. The Hall–Kier alpha value is -1.70. The van der Waals surface area contributed by atoms with Crippen molar-refractivity contribution in [2.24, 2.45) is 7.05 Å². The lowest BCUT2D eigenvalue weighted by Crippen LogP contribution is -2.25. The SMILES string of the molecule is CCOC(=O)c1cnn(C)c1CS(=O)CC(=O)NC. The quantitative estimate of drug-likeness (QED) is 0.718. The minimum atomic E-state index is -1.40. The van der Waals surface area contributed by atoms with Gasteiger partial charge in [-0.15, -0.1) is 0 Å². The average Bonchev–Trinajstić information content (AvgIpc) is 2.71. The highest BCUT2D eigenvalue weighted by molar-refractivity contribution is 7.84. The smallest absolute Gasteiger partial charge is 0.341 e. The van der Waals surface area contributed by atoms with Gasteiger partial charge in [0.25, 0.3) is 0 Å². The van der Waals surface area contributed by atoms with E-state index in [4.69, 9.17) is 4.74 Å². The van der Waals surface area contributed by atoms with Crippen molar-refractivity contribution in [1.82, 2.24) is 15.1 Å². The molecule has 7 nitrogen and oxygen atoms in total. The number of esters is 1. The molecule has 0 aliphatic heterocycles. The first-order chi connectivity index (χ1) is 8.99. The van der Waals surface area contributed by atoms with Gasteiger partial charge < -0.3 is 10.1 Å². The molecule has 0 saturated carbocycles. The van der Waals surface area contributed by atoms with E-state index in [0.29, 0.717) is 5.69 Å². The van der Waals surface area contributed by atoms with Crippen molar-refractivity contribution in [1.29, 1.82) is 0 Å². The summed E-state index contributed by atoms with van der Waals surface area (Å²) in [6.45, 7) is 1.96. The highest BCUT2D eigenvalue weighted by Crippen LogP contribution is 2.12. The number of rotatable bonds is 6. The third kappa shape index (κ3) is 4.16. The number of aromatic nitrogens is 2. The molecule has 0 saturated heterocycles. The fourth-order valence-electron chi connectivity index (χ4n) is 1.44. The largest absolute Gasteiger partial charge is 0.462 e. The van der Waals surface area contributed by atoms with Gasteiger partial charge in [0.05, 0.1) is 24.3 Å². The third-order valence-corrected chi connectivity index (χ3v) is 3.61. The maximum atomic E-state index is 11.8. The van der Waals surface area contributed by atoms with Gasteiger partial charge in [-0.1, -0.05) is 0 Å². The second-order valence-corrected chi connectivity index (χ2v) is 5.21. The van der Waals surface area contributed by atoms with Crippen LogP contribution < -0.4 is 5.32 Å². The molecule has 1 amide bonds. The van der Waals surface area contributed by atoms with Crippen molar-refractivity contribution in [3.63, 3.8) is 0 Å². The lowest BCUT2D eigenvalue weighted by molar-refractivity contribution is -0.118. The van der Waals surface area contributed by atoms with Crippen molar-refractivity contribution >= 4 is 22.7 Å². The van der Waals surface area contributed by atoms with Gasteiger partial charge in [0, 0.05) is 24.9 Å². The van der Waals surface area contributed by atoms with E-state index in [-0.39, 0.29) is 29.6 Å². The second-order valence-electron chi connectivity index (χ2n) is 3.75. The van der Waals surface area contributed by atoms with E-state index in [0.717, 1.165) is 0 Å². The number of carbonyl (C=O) groups excluding carboxylic acids is 2. The summed E-state index contributed by atoms with van der Waals surface area (Å²) in [6, 6.07) is 0. The Kier molecular flexibility index (Phi) is 5.68. The van der Waals surface area contributed by atoms with Crippen molar-refractivity contribution < 1.29 is 18.5 Å². The van der Waals surface area contributed by atoms with Crippen LogP contribution in [-0.4, -0.2) is 45.3 Å². The first-order valence-corrected chi connectivity index (χ1v) is 7.22. The number of nitrogens with zero attached hydrogens (tertiary/aromatic N) is 2. The van der Waals surface area contributed by atoms with Gasteiger partial charge in [0.2, 0.25) is 5.91 Å². The summed E-state index contributed by atoms with van der Waals surface area (Å²) < 4.78 is 18.2. The first-order valence-electron chi connectivity index (χ1n) is 5.73. The van der Waals surface area contributed by atoms with Crippen molar-refractivity contribution in [2.75, 3.05) is 19.4 Å². The fourth-order valence-corrected chi connectivity index (χ4v) is 2.62. The summed E-state index contributed by atoms with van der Waals surface area (Å²) in [5.41, 5.74) is 0.787. The highest BCUT2D eigenvalue weighted by Gasteiger charge is 2.19. The molecule has 0 bridgehead atoms. The highest BCUT2D eigenvalue weighted by atomic mass is 32.2. The Labute approximate surface area is 113 Å². The zero-order valence-electron chi connectivity index (χ0n) is 11.1. The number of hydrogen-bond donors (Lipinski definition) is 1. The monoisotopic (exact) mass is 287 g/mol. The summed E-state index contributed by atoms with van der Waals surface area (Å²) in [6.07, 6.45) is 1.38. The molecular weight excluding hydrogens is 270 g/mol. The van der Waals surface area contributed by atoms with E-state index in [9.17, 15) is 13.8 Å². The maximum Gasteiger partial charge on any atom is 0.341 e. The standard InChI is InChI=1S/C11H17N3O4S/c1-4-18-11(16)8-5-13-14(3)9(8)6-19(17)7-10(15)12-2/h5H,4,6-7H2,1-3H3,(H,12,15). The van der Waals surface area contributed by atoms with Gasteiger partial charge in [-0.3, -0.25) is 13.7 Å². The van der Waals surface area contributed by atoms with E-state index in [1.165, 1.54) is 17.9 Å². The summed E-state index contributed by atoms with van der Waals surface area (Å²) >= 11 is 0. The van der Waals surface area contributed by atoms with Crippen LogP contribution >= 0.6 is 0 Å². The van der Waals surface area contributed by atoms with E-state index >= 15 is 0 Å². The zero-order chi connectivity index (χ0) is 14.4. The molecule has 0 aromatic carbocycles. The van der Waals surface area contributed by atoms with Gasteiger partial charge in [-0.25, -0.2) is 4.79 Å². The van der Waals surface area contributed by atoms with E-state index < -0.39 is 16.8 Å². The van der Waals surface area contributed by atoms with Crippen molar-refractivity contribution in [2.45, 2.75) is 12.7 Å². The molecule has 0 aliphatic carbocycles. The van der Waals surface area contributed by atoms with Crippen LogP contribution in [0.1, 0.15) is 23.0 Å². The molecule has 19 heavy (non-hydrogen) atoms. The first kappa shape index (κ1) is 15.4. The molecule has 1 N–H and O–H groups in total. The van der Waals surface area contributed by atoms with Gasteiger partial charge in [-0.2, -0.15) is 5.10 Å². The summed E-state index contributed by atoms with van der Waals surface area (Å²) in [7, 11) is 1.73. The Morgan fingerprint density at radius 1 is 1.53 bits per heavy atom. The molecule has 1 aromatic heterocycles. The van der Waals surface area contributed by atoms with Crippen LogP contribution in [0.5, 0.6) is 0 Å². The number of nitrogens with one attached hydrogen (secondary N) is 1. The molecular formula is C11H17N3O4S. The molecule has 0 fully saturated rings. The fraction of sp³-hybridized carbons (Fsp3) is 0.545. The van der Waals surface area contributed by atoms with Crippen LogP contribution in [0, 0.1) is 0 Å². The van der Waals surface area contributed by atoms with Crippen LogP contribution in [0.2, 0.25) is 0 Å². The van der Waals surface area contributed by atoms with Crippen LogP contribution in [0.15, 0.2) is 6.20 Å². The minimum Gasteiger partial charge on any atom is -0.462 e. The van der Waals surface area contributed by atoms with Crippen LogP contribution in [-0.2, 0) is 33.1 Å². The second kappa shape index (κ2) is 7.03. The van der Waals surface area contributed by atoms with Gasteiger partial charge in [0.1, 0.15) is 11.3 Å². The lowest BCUT2D eigenvalue weighted by Gasteiger charge is -2.06. The van der Waals surface area contributed by atoms with Gasteiger partial charge >= 0.3 is 5.97 Å². The Balaban J connectivity index is 2.83. The average molecular weight is 287 g/mol. The van der Waals surface area contributed by atoms with Crippen LogP contribution in [0.4, 0.5) is 0 Å². The molecule has 1 unspecified atom stereocenters. The zero-order valence-corrected chi connectivity index (χ0v) is 12.0. The Morgan fingerprint density at radius 2 is 2.21 bits per heavy atom. The Morgan fingerprint density at radius 3 is 2.79 bits per heavy atom. The van der Waals surface area contributed by atoms with Gasteiger partial charge in [0.15, 0.2) is 0 Å². The summed E-state index contributed by atoms with van der Waals surface area (Å²) in [5.74, 6) is -0.831. The molecule has 0 aliphatic rings. The number of ether oxygens (including phenoxy) is 1. The summed E-state index contributed by atoms with van der Waals surface area (Å²) in [4.78, 5) is 22.8. The molecule has 1 rings (SSSR count). The lowest BCUT2D eigenvalue weighted by atomic mass is 10.3.